The van der Waals surface area contributed by atoms with Gasteiger partial charge >= 0.3 is 6.03 Å². The summed E-state index contributed by atoms with van der Waals surface area (Å²) in [6.45, 7) is 4.97. The Bertz CT molecular complexity index is 443. The SMILES string of the molecule is COCCN(CCO)C(=O)Nc1c(C)cc(Br)cc1C. The van der Waals surface area contributed by atoms with E-state index in [-0.39, 0.29) is 19.2 Å². The average Bonchev–Trinajstić information content (AvgIpc) is 2.38. The largest absolute Gasteiger partial charge is 0.395 e. The molecule has 0 atom stereocenters. The highest BCUT2D eigenvalue weighted by atomic mass is 79.9. The molecule has 0 aliphatic heterocycles. The van der Waals surface area contributed by atoms with Gasteiger partial charge < -0.3 is 20.1 Å². The van der Waals surface area contributed by atoms with E-state index < -0.39 is 0 Å². The number of nitrogens with zero attached hydrogens (tertiary/aromatic N) is 1. The Labute approximate surface area is 128 Å². The van der Waals surface area contributed by atoms with Gasteiger partial charge in [-0.2, -0.15) is 0 Å². The highest BCUT2D eigenvalue weighted by Gasteiger charge is 2.15. The van der Waals surface area contributed by atoms with Gasteiger partial charge in [-0.3, -0.25) is 0 Å². The van der Waals surface area contributed by atoms with Crippen molar-refractivity contribution in [2.24, 2.45) is 0 Å². The van der Waals surface area contributed by atoms with Crippen LogP contribution in [0, 0.1) is 13.8 Å². The topological polar surface area (TPSA) is 61.8 Å². The number of aliphatic hydroxyl groups excluding tert-OH is 1. The summed E-state index contributed by atoms with van der Waals surface area (Å²) in [4.78, 5) is 13.8. The first kappa shape index (κ1) is 16.9. The first-order valence-electron chi connectivity index (χ1n) is 6.42. The summed E-state index contributed by atoms with van der Waals surface area (Å²) in [5.41, 5.74) is 2.78. The zero-order chi connectivity index (χ0) is 15.1. The molecule has 1 rings (SSSR count). The summed E-state index contributed by atoms with van der Waals surface area (Å²) >= 11 is 3.43. The number of methoxy groups -OCH3 is 1. The van der Waals surface area contributed by atoms with Crippen LogP contribution in [0.15, 0.2) is 16.6 Å². The van der Waals surface area contributed by atoms with Gasteiger partial charge in [0, 0.05) is 30.4 Å². The van der Waals surface area contributed by atoms with Gasteiger partial charge in [-0.05, 0) is 37.1 Å². The minimum absolute atomic E-state index is 0.0740. The second-order valence-electron chi connectivity index (χ2n) is 4.55. The summed E-state index contributed by atoms with van der Waals surface area (Å²) in [6.07, 6.45) is 0. The number of ether oxygens (including phenoxy) is 1. The number of amides is 2. The van der Waals surface area contributed by atoms with Crippen LogP contribution in [0.5, 0.6) is 0 Å². The Balaban J connectivity index is 2.82. The van der Waals surface area contributed by atoms with E-state index in [1.54, 1.807) is 7.11 Å². The smallest absolute Gasteiger partial charge is 0.322 e. The molecule has 1 aromatic rings. The Kier molecular flexibility index (Phi) is 6.98. The predicted octanol–water partition coefficient (Wildman–Crippen LogP) is 2.54. The molecular formula is C14H21BrN2O3. The van der Waals surface area contributed by atoms with Crippen molar-refractivity contribution >= 4 is 27.6 Å². The molecule has 0 aromatic heterocycles. The molecular weight excluding hydrogens is 324 g/mol. The fraction of sp³-hybridized carbons (Fsp3) is 0.500. The molecule has 0 saturated heterocycles. The van der Waals surface area contributed by atoms with Gasteiger partial charge in [-0.15, -0.1) is 0 Å². The van der Waals surface area contributed by atoms with E-state index in [0.29, 0.717) is 13.2 Å². The molecule has 0 radical (unpaired) electrons. The van der Waals surface area contributed by atoms with Gasteiger partial charge in [-0.1, -0.05) is 15.9 Å². The molecule has 0 heterocycles. The Morgan fingerprint density at radius 1 is 1.35 bits per heavy atom. The number of carbonyl (C=O) groups is 1. The molecule has 5 nitrogen and oxygen atoms in total. The predicted molar refractivity (Wildman–Crippen MR) is 83.2 cm³/mol. The molecule has 0 unspecified atom stereocenters. The first-order chi connectivity index (χ1) is 9.49. The van der Waals surface area contributed by atoms with Crippen LogP contribution in [0.25, 0.3) is 0 Å². The monoisotopic (exact) mass is 344 g/mol. The van der Waals surface area contributed by atoms with Crippen LogP contribution in [0.4, 0.5) is 10.5 Å². The lowest BCUT2D eigenvalue weighted by molar-refractivity contribution is 0.142. The molecule has 20 heavy (non-hydrogen) atoms. The number of urea groups is 1. The summed E-state index contributed by atoms with van der Waals surface area (Å²) < 4.78 is 5.96. The zero-order valence-electron chi connectivity index (χ0n) is 12.1. The van der Waals surface area contributed by atoms with Crippen molar-refractivity contribution in [2.45, 2.75) is 13.8 Å². The number of carbonyl (C=O) groups excluding carboxylic acids is 1. The normalized spacial score (nSPS) is 10.4. The Hall–Kier alpha value is -1.11. The Morgan fingerprint density at radius 2 is 1.95 bits per heavy atom. The standard InChI is InChI=1S/C14H21BrN2O3/c1-10-8-12(15)9-11(2)13(10)16-14(19)17(4-6-18)5-7-20-3/h8-9,18H,4-7H2,1-3H3,(H,16,19). The van der Waals surface area contributed by atoms with E-state index in [4.69, 9.17) is 9.84 Å². The molecule has 0 saturated carbocycles. The fourth-order valence-corrected chi connectivity index (χ4v) is 2.62. The van der Waals surface area contributed by atoms with Crippen LogP contribution >= 0.6 is 15.9 Å². The number of benzene rings is 1. The van der Waals surface area contributed by atoms with E-state index in [2.05, 4.69) is 21.2 Å². The lowest BCUT2D eigenvalue weighted by atomic mass is 10.1. The third kappa shape index (κ3) is 4.77. The number of rotatable bonds is 6. The summed E-state index contributed by atoms with van der Waals surface area (Å²) in [6, 6.07) is 3.67. The van der Waals surface area contributed by atoms with Gasteiger partial charge in [-0.25, -0.2) is 4.79 Å². The average molecular weight is 345 g/mol. The zero-order valence-corrected chi connectivity index (χ0v) is 13.7. The van der Waals surface area contributed by atoms with E-state index in [1.165, 1.54) is 4.90 Å². The maximum absolute atomic E-state index is 12.2. The molecule has 2 N–H and O–H groups in total. The van der Waals surface area contributed by atoms with Gasteiger partial charge in [0.1, 0.15) is 0 Å². The number of anilines is 1. The lowest BCUT2D eigenvalue weighted by Gasteiger charge is -2.23. The number of aryl methyl sites for hydroxylation is 2. The molecule has 0 bridgehead atoms. The van der Waals surface area contributed by atoms with Gasteiger partial charge in [0.15, 0.2) is 0 Å². The van der Waals surface area contributed by atoms with Crippen molar-refractivity contribution in [3.63, 3.8) is 0 Å². The molecule has 2 amide bonds. The van der Waals surface area contributed by atoms with Crippen LogP contribution < -0.4 is 5.32 Å². The van der Waals surface area contributed by atoms with Crippen molar-refractivity contribution in [3.8, 4) is 0 Å². The van der Waals surface area contributed by atoms with Crippen LogP contribution in [0.2, 0.25) is 0 Å². The number of aliphatic hydroxyl groups is 1. The van der Waals surface area contributed by atoms with E-state index in [0.717, 1.165) is 21.3 Å². The minimum atomic E-state index is -0.232. The molecule has 0 aliphatic carbocycles. The minimum Gasteiger partial charge on any atom is -0.395 e. The lowest BCUT2D eigenvalue weighted by Crippen LogP contribution is -2.39. The van der Waals surface area contributed by atoms with Crippen LogP contribution in [-0.4, -0.2) is 49.5 Å². The van der Waals surface area contributed by atoms with Gasteiger partial charge in [0.25, 0.3) is 0 Å². The Morgan fingerprint density at radius 3 is 2.45 bits per heavy atom. The molecule has 0 fully saturated rings. The third-order valence-electron chi connectivity index (χ3n) is 2.95. The quantitative estimate of drug-likeness (QED) is 0.833. The number of halogens is 1. The third-order valence-corrected chi connectivity index (χ3v) is 3.41. The maximum Gasteiger partial charge on any atom is 0.322 e. The molecule has 1 aromatic carbocycles. The van der Waals surface area contributed by atoms with Crippen molar-refractivity contribution in [1.82, 2.24) is 4.90 Å². The van der Waals surface area contributed by atoms with E-state index in [9.17, 15) is 4.79 Å². The van der Waals surface area contributed by atoms with E-state index >= 15 is 0 Å². The summed E-state index contributed by atoms with van der Waals surface area (Å²) in [5.74, 6) is 0. The fourth-order valence-electron chi connectivity index (χ4n) is 1.93. The highest BCUT2D eigenvalue weighted by molar-refractivity contribution is 9.10. The first-order valence-corrected chi connectivity index (χ1v) is 7.21. The molecule has 6 heteroatoms. The van der Waals surface area contributed by atoms with Crippen molar-refractivity contribution in [1.29, 1.82) is 0 Å². The molecule has 0 aliphatic rings. The van der Waals surface area contributed by atoms with Crippen molar-refractivity contribution in [2.75, 3.05) is 38.7 Å². The van der Waals surface area contributed by atoms with Crippen LogP contribution in [0.3, 0.4) is 0 Å². The molecule has 112 valence electrons. The molecule has 0 spiro atoms. The van der Waals surface area contributed by atoms with Crippen molar-refractivity contribution < 1.29 is 14.6 Å². The number of hydrogen-bond acceptors (Lipinski definition) is 3. The van der Waals surface area contributed by atoms with Gasteiger partial charge in [0.05, 0.1) is 13.2 Å². The number of nitrogens with one attached hydrogen (secondary N) is 1. The second kappa shape index (κ2) is 8.24. The maximum atomic E-state index is 12.2. The highest BCUT2D eigenvalue weighted by Crippen LogP contribution is 2.25. The summed E-state index contributed by atoms with van der Waals surface area (Å²) in [5, 5.41) is 11.9. The van der Waals surface area contributed by atoms with Crippen LogP contribution in [0.1, 0.15) is 11.1 Å². The number of hydrogen-bond donors (Lipinski definition) is 2. The van der Waals surface area contributed by atoms with Crippen molar-refractivity contribution in [3.05, 3.63) is 27.7 Å². The second-order valence-corrected chi connectivity index (χ2v) is 5.46. The van der Waals surface area contributed by atoms with Gasteiger partial charge in [0.2, 0.25) is 0 Å². The van der Waals surface area contributed by atoms with E-state index in [1.807, 2.05) is 26.0 Å². The summed E-state index contributed by atoms with van der Waals surface area (Å²) in [7, 11) is 1.58. The van der Waals surface area contributed by atoms with Crippen LogP contribution in [-0.2, 0) is 4.74 Å².